The summed E-state index contributed by atoms with van der Waals surface area (Å²) in [4.78, 5) is 2.20. The normalized spacial score (nSPS) is 12.4. The van der Waals surface area contributed by atoms with E-state index in [1.54, 1.807) is 0 Å². The molecule has 0 rings (SSSR count). The van der Waals surface area contributed by atoms with Crippen LogP contribution in [0.1, 0.15) is 13.8 Å². The maximum absolute atomic E-state index is 8.50. The molecule has 0 fully saturated rings. The molecule has 0 saturated heterocycles. The number of aliphatic hydroxyl groups is 1. The maximum atomic E-state index is 8.50. The van der Waals surface area contributed by atoms with E-state index in [-0.39, 0.29) is 12.0 Å². The molecular formula is C11H26N2O2. The fraction of sp³-hybridized carbons (Fsp3) is 1.00. The number of hydrogen-bond donors (Lipinski definition) is 2. The zero-order valence-corrected chi connectivity index (χ0v) is 10.5. The van der Waals surface area contributed by atoms with Crippen molar-refractivity contribution in [2.24, 2.45) is 5.41 Å². The highest BCUT2D eigenvalue weighted by Crippen LogP contribution is 2.13. The topological polar surface area (TPSA) is 44.7 Å². The molecule has 0 aliphatic carbocycles. The lowest BCUT2D eigenvalue weighted by Gasteiger charge is -2.28. The molecule has 0 aromatic heterocycles. The molecule has 0 aliphatic heterocycles. The number of hydrogen-bond acceptors (Lipinski definition) is 4. The first kappa shape index (κ1) is 14.8. The minimum atomic E-state index is 0.103. The summed E-state index contributed by atoms with van der Waals surface area (Å²) in [5.74, 6) is 0. The van der Waals surface area contributed by atoms with Gasteiger partial charge in [-0.05, 0) is 19.5 Å². The zero-order valence-electron chi connectivity index (χ0n) is 10.5. The molecule has 0 atom stereocenters. The fourth-order valence-corrected chi connectivity index (χ4v) is 1.65. The smallest absolute Gasteiger partial charge is 0.0698 e. The molecule has 0 heterocycles. The van der Waals surface area contributed by atoms with E-state index in [1.807, 2.05) is 0 Å². The van der Waals surface area contributed by atoms with Crippen LogP contribution in [0, 0.1) is 5.41 Å². The van der Waals surface area contributed by atoms with E-state index < -0.39 is 0 Å². The van der Waals surface area contributed by atoms with Gasteiger partial charge in [0.05, 0.1) is 19.8 Å². The number of aliphatic hydroxyl groups excluding tert-OH is 1. The predicted molar refractivity (Wildman–Crippen MR) is 63.1 cm³/mol. The average Bonchev–Trinajstić information content (AvgIpc) is 2.08. The third-order valence-corrected chi connectivity index (χ3v) is 2.01. The largest absolute Gasteiger partial charge is 0.394 e. The summed E-state index contributed by atoms with van der Waals surface area (Å²) in [7, 11) is 4.18. The average molecular weight is 218 g/mol. The van der Waals surface area contributed by atoms with Crippen molar-refractivity contribution in [1.29, 1.82) is 0 Å². The molecule has 4 heteroatoms. The van der Waals surface area contributed by atoms with Crippen LogP contribution in [-0.4, -0.2) is 63.6 Å². The quantitative estimate of drug-likeness (QED) is 0.542. The van der Waals surface area contributed by atoms with Crippen molar-refractivity contribution >= 4 is 0 Å². The molecule has 0 aromatic rings. The number of nitrogens with one attached hydrogen (secondary N) is 1. The van der Waals surface area contributed by atoms with Crippen LogP contribution in [0.5, 0.6) is 0 Å². The molecular weight excluding hydrogens is 192 g/mol. The first-order valence-corrected chi connectivity index (χ1v) is 5.52. The van der Waals surface area contributed by atoms with Crippen molar-refractivity contribution in [2.75, 3.05) is 53.6 Å². The molecule has 0 unspecified atom stereocenters. The molecule has 15 heavy (non-hydrogen) atoms. The van der Waals surface area contributed by atoms with Crippen LogP contribution < -0.4 is 5.32 Å². The van der Waals surface area contributed by atoms with Gasteiger partial charge in [-0.3, -0.25) is 0 Å². The molecule has 0 aliphatic rings. The van der Waals surface area contributed by atoms with Crippen LogP contribution in [0.15, 0.2) is 0 Å². The van der Waals surface area contributed by atoms with Gasteiger partial charge in [-0.2, -0.15) is 0 Å². The van der Waals surface area contributed by atoms with Crippen molar-refractivity contribution in [3.8, 4) is 0 Å². The Labute approximate surface area is 93.6 Å². The minimum Gasteiger partial charge on any atom is -0.394 e. The van der Waals surface area contributed by atoms with Crippen LogP contribution in [0.3, 0.4) is 0 Å². The van der Waals surface area contributed by atoms with Crippen molar-refractivity contribution in [2.45, 2.75) is 13.8 Å². The number of ether oxygens (including phenoxy) is 1. The van der Waals surface area contributed by atoms with E-state index in [2.05, 4.69) is 38.2 Å². The number of rotatable bonds is 9. The molecule has 0 saturated carbocycles. The minimum absolute atomic E-state index is 0.103. The molecule has 0 amide bonds. The van der Waals surface area contributed by atoms with Gasteiger partial charge in [-0.25, -0.2) is 0 Å². The van der Waals surface area contributed by atoms with Crippen LogP contribution in [-0.2, 0) is 4.74 Å². The van der Waals surface area contributed by atoms with Crippen LogP contribution in [0.4, 0.5) is 0 Å². The second kappa shape index (κ2) is 8.05. The Morgan fingerprint density at radius 1 is 1.27 bits per heavy atom. The van der Waals surface area contributed by atoms with Crippen LogP contribution in [0.25, 0.3) is 0 Å². The molecule has 0 bridgehead atoms. The Bertz CT molecular complexity index is 150. The van der Waals surface area contributed by atoms with Gasteiger partial charge in [0.15, 0.2) is 0 Å². The van der Waals surface area contributed by atoms with Crippen molar-refractivity contribution in [3.63, 3.8) is 0 Å². The highest BCUT2D eigenvalue weighted by molar-refractivity contribution is 4.73. The zero-order chi connectivity index (χ0) is 11.7. The highest BCUT2D eigenvalue weighted by Gasteiger charge is 2.17. The second-order valence-corrected chi connectivity index (χ2v) is 4.91. The highest BCUT2D eigenvalue weighted by atomic mass is 16.5. The third-order valence-electron chi connectivity index (χ3n) is 2.01. The van der Waals surface area contributed by atoms with Gasteiger partial charge >= 0.3 is 0 Å². The first-order valence-electron chi connectivity index (χ1n) is 5.52. The summed E-state index contributed by atoms with van der Waals surface area (Å²) in [6.45, 7) is 8.58. The molecule has 0 radical (unpaired) electrons. The van der Waals surface area contributed by atoms with E-state index in [4.69, 9.17) is 9.84 Å². The monoisotopic (exact) mass is 218 g/mol. The third kappa shape index (κ3) is 10.1. The van der Waals surface area contributed by atoms with Gasteiger partial charge in [-0.15, -0.1) is 0 Å². The van der Waals surface area contributed by atoms with E-state index in [9.17, 15) is 0 Å². The molecule has 2 N–H and O–H groups in total. The van der Waals surface area contributed by atoms with Gasteiger partial charge in [0, 0.05) is 19.6 Å². The predicted octanol–water partition coefficient (Wildman–Crippen LogP) is 0.173. The Balaban J connectivity index is 3.40. The Morgan fingerprint density at radius 2 is 1.93 bits per heavy atom. The van der Waals surface area contributed by atoms with Crippen molar-refractivity contribution in [1.82, 2.24) is 10.2 Å². The summed E-state index contributed by atoms with van der Waals surface area (Å²) in [6.07, 6.45) is 0. The lowest BCUT2D eigenvalue weighted by Crippen LogP contribution is -2.38. The Hall–Kier alpha value is -0.160. The lowest BCUT2D eigenvalue weighted by atomic mass is 9.93. The summed E-state index contributed by atoms with van der Waals surface area (Å²) in [5, 5.41) is 11.9. The van der Waals surface area contributed by atoms with Crippen molar-refractivity contribution < 1.29 is 9.84 Å². The van der Waals surface area contributed by atoms with Crippen LogP contribution in [0.2, 0.25) is 0 Å². The number of nitrogens with zero attached hydrogens (tertiary/aromatic N) is 1. The molecule has 0 aromatic carbocycles. The second-order valence-electron chi connectivity index (χ2n) is 4.91. The van der Waals surface area contributed by atoms with E-state index in [0.717, 1.165) is 19.6 Å². The lowest BCUT2D eigenvalue weighted by molar-refractivity contribution is 0.0920. The fourth-order valence-electron chi connectivity index (χ4n) is 1.65. The maximum Gasteiger partial charge on any atom is 0.0698 e. The summed E-state index contributed by atoms with van der Waals surface area (Å²) < 4.78 is 5.16. The van der Waals surface area contributed by atoms with Gasteiger partial charge in [0.25, 0.3) is 0 Å². The van der Waals surface area contributed by atoms with Gasteiger partial charge in [-0.1, -0.05) is 13.8 Å². The van der Waals surface area contributed by atoms with Gasteiger partial charge in [0.1, 0.15) is 0 Å². The summed E-state index contributed by atoms with van der Waals surface area (Å²) >= 11 is 0. The standard InChI is InChI=1S/C11H26N2O2/c1-11(2,10-13(3)4)9-12-5-7-15-8-6-14/h12,14H,5-10H2,1-4H3. The summed E-state index contributed by atoms with van der Waals surface area (Å²) in [5.41, 5.74) is 0.278. The molecule has 0 spiro atoms. The Kier molecular flexibility index (Phi) is 7.96. The Morgan fingerprint density at radius 3 is 2.47 bits per heavy atom. The van der Waals surface area contributed by atoms with Crippen molar-refractivity contribution in [3.05, 3.63) is 0 Å². The summed E-state index contributed by atoms with van der Waals surface area (Å²) in [6, 6.07) is 0. The van der Waals surface area contributed by atoms with Gasteiger partial charge < -0.3 is 20.1 Å². The first-order chi connectivity index (χ1) is 6.98. The van der Waals surface area contributed by atoms with E-state index >= 15 is 0 Å². The van der Waals surface area contributed by atoms with E-state index in [1.165, 1.54) is 0 Å². The van der Waals surface area contributed by atoms with E-state index in [0.29, 0.717) is 13.2 Å². The molecule has 4 nitrogen and oxygen atoms in total. The van der Waals surface area contributed by atoms with Gasteiger partial charge in [0.2, 0.25) is 0 Å². The molecule has 92 valence electrons. The SMILES string of the molecule is CN(C)CC(C)(C)CNCCOCCO. The van der Waals surface area contributed by atoms with Crippen LogP contribution >= 0.6 is 0 Å².